The Labute approximate surface area is 209 Å². The van der Waals surface area contributed by atoms with Crippen molar-refractivity contribution in [2.24, 2.45) is 0 Å². The van der Waals surface area contributed by atoms with Gasteiger partial charge in [-0.1, -0.05) is 41.0 Å². The van der Waals surface area contributed by atoms with Crippen molar-refractivity contribution in [3.05, 3.63) is 88.0 Å². The van der Waals surface area contributed by atoms with E-state index in [0.29, 0.717) is 15.7 Å². The van der Waals surface area contributed by atoms with E-state index in [0.717, 1.165) is 4.90 Å². The van der Waals surface area contributed by atoms with Crippen LogP contribution in [0.1, 0.15) is 27.1 Å². The van der Waals surface area contributed by atoms with Crippen LogP contribution in [0.15, 0.2) is 71.9 Å². The molecule has 0 aliphatic carbocycles. The third kappa shape index (κ3) is 5.30. The van der Waals surface area contributed by atoms with E-state index in [2.05, 4.69) is 4.98 Å². The molecule has 34 heavy (non-hydrogen) atoms. The number of esters is 1. The molecule has 0 spiro atoms. The van der Waals surface area contributed by atoms with Crippen LogP contribution in [0.3, 0.4) is 0 Å². The molecule has 1 aliphatic heterocycles. The first-order chi connectivity index (χ1) is 16.3. The number of amides is 2. The summed E-state index contributed by atoms with van der Waals surface area (Å²) in [5.41, 5.74) is 0.786. The Morgan fingerprint density at radius 3 is 2.41 bits per heavy atom. The minimum atomic E-state index is -0.720. The van der Waals surface area contributed by atoms with Gasteiger partial charge in [0.1, 0.15) is 0 Å². The quantitative estimate of drug-likeness (QED) is 0.252. The lowest BCUT2D eigenvalue weighted by molar-refractivity contribution is -0.121. The number of carbonyl (C=O) groups is 4. The number of hydrogen-bond donors (Lipinski definition) is 0. The second kappa shape index (κ2) is 10.4. The van der Waals surface area contributed by atoms with E-state index in [1.807, 2.05) is 6.07 Å². The first kappa shape index (κ1) is 23.9. The predicted octanol–water partition coefficient (Wildman–Crippen LogP) is 4.85. The average Bonchev–Trinajstić information content (AvgIpc) is 3.12. The summed E-state index contributed by atoms with van der Waals surface area (Å²) < 4.78 is 5.08. The SMILES string of the molecule is O=C(COC(=O)c1ccc(N2C(=O)CC(Sc3ccccn3)C2=O)cc1)c1ccc(Cl)c(Cl)c1. The van der Waals surface area contributed by atoms with Gasteiger partial charge in [0.25, 0.3) is 0 Å². The second-order valence-corrected chi connectivity index (χ2v) is 9.26. The molecule has 0 radical (unpaired) electrons. The molecule has 10 heteroatoms. The molecule has 0 N–H and O–H groups in total. The summed E-state index contributed by atoms with van der Waals surface area (Å²) in [5, 5.41) is 0.622. The summed E-state index contributed by atoms with van der Waals surface area (Å²) in [7, 11) is 0. The zero-order valence-electron chi connectivity index (χ0n) is 17.4. The number of halogens is 2. The van der Waals surface area contributed by atoms with E-state index in [4.69, 9.17) is 27.9 Å². The van der Waals surface area contributed by atoms with E-state index in [1.54, 1.807) is 18.3 Å². The van der Waals surface area contributed by atoms with Gasteiger partial charge in [0.2, 0.25) is 11.8 Å². The lowest BCUT2D eigenvalue weighted by Gasteiger charge is -2.15. The maximum absolute atomic E-state index is 12.8. The molecule has 4 rings (SSSR count). The Balaban J connectivity index is 1.38. The second-order valence-electron chi connectivity index (χ2n) is 7.22. The Bertz CT molecular complexity index is 1270. The van der Waals surface area contributed by atoms with Crippen molar-refractivity contribution < 1.29 is 23.9 Å². The van der Waals surface area contributed by atoms with Crippen molar-refractivity contribution in [1.29, 1.82) is 0 Å². The van der Waals surface area contributed by atoms with Gasteiger partial charge >= 0.3 is 5.97 Å². The van der Waals surface area contributed by atoms with Crippen LogP contribution in [0, 0.1) is 0 Å². The summed E-state index contributed by atoms with van der Waals surface area (Å²) in [6.45, 7) is -0.478. The molecule has 1 atom stereocenters. The van der Waals surface area contributed by atoms with Crippen LogP contribution in [0.25, 0.3) is 0 Å². The molecular formula is C24H16Cl2N2O5S. The number of thioether (sulfide) groups is 1. The van der Waals surface area contributed by atoms with E-state index in [1.165, 1.54) is 54.2 Å². The monoisotopic (exact) mass is 514 g/mol. The van der Waals surface area contributed by atoms with Gasteiger partial charge in [0, 0.05) is 18.2 Å². The van der Waals surface area contributed by atoms with E-state index >= 15 is 0 Å². The Morgan fingerprint density at radius 2 is 1.74 bits per heavy atom. The molecule has 2 amide bonds. The Morgan fingerprint density at radius 1 is 1.00 bits per heavy atom. The molecule has 1 saturated heterocycles. The normalized spacial score (nSPS) is 15.5. The van der Waals surface area contributed by atoms with Gasteiger partial charge in [-0.2, -0.15) is 0 Å². The largest absolute Gasteiger partial charge is 0.454 e. The number of imide groups is 1. The lowest BCUT2D eigenvalue weighted by Crippen LogP contribution is -2.31. The van der Waals surface area contributed by atoms with Crippen molar-refractivity contribution in [2.45, 2.75) is 16.7 Å². The highest BCUT2D eigenvalue weighted by molar-refractivity contribution is 8.00. The number of nitrogens with zero attached hydrogens (tertiary/aromatic N) is 2. The minimum absolute atomic E-state index is 0.0562. The summed E-state index contributed by atoms with van der Waals surface area (Å²) in [4.78, 5) is 55.2. The van der Waals surface area contributed by atoms with Gasteiger partial charge in [0.15, 0.2) is 12.4 Å². The number of carbonyl (C=O) groups excluding carboxylic acids is 4. The first-order valence-electron chi connectivity index (χ1n) is 10.0. The number of Topliss-reactive ketones (excluding diaryl/α,β-unsaturated/α-hetero) is 1. The van der Waals surface area contributed by atoms with Crippen molar-refractivity contribution >= 4 is 64.2 Å². The van der Waals surface area contributed by atoms with Gasteiger partial charge in [-0.05, 0) is 54.6 Å². The first-order valence-corrected chi connectivity index (χ1v) is 11.7. The smallest absolute Gasteiger partial charge is 0.338 e. The Kier molecular flexibility index (Phi) is 7.31. The highest BCUT2D eigenvalue weighted by Gasteiger charge is 2.40. The molecule has 1 fully saturated rings. The zero-order valence-corrected chi connectivity index (χ0v) is 19.8. The van der Waals surface area contributed by atoms with E-state index < -0.39 is 23.6 Å². The molecule has 0 bridgehead atoms. The number of pyridine rings is 1. The lowest BCUT2D eigenvalue weighted by atomic mass is 10.1. The van der Waals surface area contributed by atoms with Crippen LogP contribution in [0.2, 0.25) is 10.0 Å². The highest BCUT2D eigenvalue weighted by atomic mass is 35.5. The van der Waals surface area contributed by atoms with Gasteiger partial charge in [-0.3, -0.25) is 14.4 Å². The summed E-state index contributed by atoms with van der Waals surface area (Å²) in [6.07, 6.45) is 1.68. The number of aromatic nitrogens is 1. The molecule has 1 unspecified atom stereocenters. The number of ketones is 1. The summed E-state index contributed by atoms with van der Waals surface area (Å²) in [5.74, 6) is -1.83. The van der Waals surface area contributed by atoms with Crippen molar-refractivity contribution in [2.75, 3.05) is 11.5 Å². The average molecular weight is 515 g/mol. The van der Waals surface area contributed by atoms with Gasteiger partial charge in [-0.15, -0.1) is 0 Å². The molecule has 3 aromatic rings. The summed E-state index contributed by atoms with van der Waals surface area (Å²) in [6, 6.07) is 15.6. The topological polar surface area (TPSA) is 93.6 Å². The molecule has 2 aromatic carbocycles. The van der Waals surface area contributed by atoms with Crippen LogP contribution in [-0.4, -0.2) is 40.4 Å². The number of ether oxygens (including phenoxy) is 1. The van der Waals surface area contributed by atoms with Gasteiger partial charge in [-0.25, -0.2) is 14.7 Å². The van der Waals surface area contributed by atoms with E-state index in [-0.39, 0.29) is 34.4 Å². The van der Waals surface area contributed by atoms with E-state index in [9.17, 15) is 19.2 Å². The highest BCUT2D eigenvalue weighted by Crippen LogP contribution is 2.33. The minimum Gasteiger partial charge on any atom is -0.454 e. The molecule has 7 nitrogen and oxygen atoms in total. The van der Waals surface area contributed by atoms with Crippen LogP contribution in [0.4, 0.5) is 5.69 Å². The van der Waals surface area contributed by atoms with Crippen LogP contribution >= 0.6 is 35.0 Å². The third-order valence-electron chi connectivity index (χ3n) is 4.94. The molecule has 0 saturated carbocycles. The van der Waals surface area contributed by atoms with Crippen LogP contribution in [-0.2, 0) is 14.3 Å². The van der Waals surface area contributed by atoms with Gasteiger partial charge in [0.05, 0.1) is 31.6 Å². The van der Waals surface area contributed by atoms with Crippen molar-refractivity contribution in [1.82, 2.24) is 4.98 Å². The number of anilines is 1. The number of hydrogen-bond acceptors (Lipinski definition) is 7. The molecule has 1 aromatic heterocycles. The van der Waals surface area contributed by atoms with Crippen molar-refractivity contribution in [3.8, 4) is 0 Å². The maximum atomic E-state index is 12.8. The summed E-state index contributed by atoms with van der Waals surface area (Å²) >= 11 is 13.0. The molecular weight excluding hydrogens is 499 g/mol. The number of rotatable bonds is 7. The third-order valence-corrected chi connectivity index (χ3v) is 6.82. The molecule has 172 valence electrons. The van der Waals surface area contributed by atoms with Gasteiger partial charge < -0.3 is 4.74 Å². The fraction of sp³-hybridized carbons (Fsp3) is 0.125. The van der Waals surface area contributed by atoms with Crippen molar-refractivity contribution in [3.63, 3.8) is 0 Å². The molecule has 1 aliphatic rings. The maximum Gasteiger partial charge on any atom is 0.338 e. The zero-order chi connectivity index (χ0) is 24.2. The standard InChI is InChI=1S/C24H16Cl2N2O5S/c25-17-9-6-15(11-18(17)26)19(29)13-33-24(32)14-4-7-16(8-5-14)28-22(30)12-20(23(28)31)34-21-3-1-2-10-27-21/h1-11,20H,12-13H2. The van der Waals surface area contributed by atoms with Crippen LogP contribution < -0.4 is 4.90 Å². The fourth-order valence-corrected chi connectivity index (χ4v) is 4.54. The number of benzene rings is 2. The molecule has 2 heterocycles. The fourth-order valence-electron chi connectivity index (χ4n) is 3.24. The Hall–Kier alpha value is -3.20. The van der Waals surface area contributed by atoms with Crippen LogP contribution in [0.5, 0.6) is 0 Å². The predicted molar refractivity (Wildman–Crippen MR) is 129 cm³/mol.